The Balaban J connectivity index is 0.000000471. The van der Waals surface area contributed by atoms with Crippen molar-refractivity contribution in [3.8, 4) is 11.4 Å². The highest BCUT2D eigenvalue weighted by Gasteiger charge is 2.10. The lowest BCUT2D eigenvalue weighted by Crippen LogP contribution is -2.07. The van der Waals surface area contributed by atoms with Crippen molar-refractivity contribution in [3.05, 3.63) is 49.4 Å². The normalized spacial score (nSPS) is 10.5. The molecule has 3 aromatic rings. The van der Waals surface area contributed by atoms with Crippen LogP contribution in [0.15, 0.2) is 32.3 Å². The molecule has 0 saturated carbocycles. The van der Waals surface area contributed by atoms with E-state index in [9.17, 15) is 9.59 Å². The van der Waals surface area contributed by atoms with Gasteiger partial charge in [-0.1, -0.05) is 44.8 Å². The van der Waals surface area contributed by atoms with Gasteiger partial charge in [-0.3, -0.25) is 14.3 Å². The van der Waals surface area contributed by atoms with Gasteiger partial charge < -0.3 is 0 Å². The van der Waals surface area contributed by atoms with Gasteiger partial charge in [-0.2, -0.15) is 0 Å². The van der Waals surface area contributed by atoms with Crippen molar-refractivity contribution >= 4 is 21.4 Å². The molecule has 0 aliphatic rings. The highest BCUT2D eigenvalue weighted by Crippen LogP contribution is 2.26. The zero-order valence-corrected chi connectivity index (χ0v) is 15.3. The molecule has 5 nitrogen and oxygen atoms in total. The quantitative estimate of drug-likeness (QED) is 0.768. The fourth-order valence-corrected chi connectivity index (χ4v) is 3.28. The van der Waals surface area contributed by atoms with Crippen LogP contribution in [0.5, 0.6) is 0 Å². The molecule has 0 saturated heterocycles. The third kappa shape index (κ3) is 3.82. The van der Waals surface area contributed by atoms with Crippen molar-refractivity contribution < 1.29 is 4.52 Å². The number of unbranched alkanes of at least 4 members (excludes halogenated alkanes) is 1. The van der Waals surface area contributed by atoms with Gasteiger partial charge in [0.25, 0.3) is 0 Å². The first-order valence-corrected chi connectivity index (χ1v) is 8.96. The maximum absolute atomic E-state index is 12.3. The molecular weight excluding hydrogens is 324 g/mol. The second kappa shape index (κ2) is 8.06. The number of aromatic amines is 1. The average Bonchev–Trinajstić information content (AvgIpc) is 3.04. The third-order valence-electron chi connectivity index (χ3n) is 3.75. The van der Waals surface area contributed by atoms with Gasteiger partial charge in [0.15, 0.2) is 11.3 Å². The molecule has 128 valence electrons. The van der Waals surface area contributed by atoms with Gasteiger partial charge >= 0.3 is 5.76 Å². The topological polar surface area (TPSA) is 76.0 Å². The molecule has 0 spiro atoms. The van der Waals surface area contributed by atoms with E-state index < -0.39 is 5.76 Å². The van der Waals surface area contributed by atoms with Crippen LogP contribution in [-0.4, -0.2) is 10.1 Å². The van der Waals surface area contributed by atoms with Crippen LogP contribution in [0.2, 0.25) is 0 Å². The summed E-state index contributed by atoms with van der Waals surface area (Å²) in [6.45, 7) is 8.25. The molecule has 0 bridgehead atoms. The molecule has 0 unspecified atom stereocenters. The van der Waals surface area contributed by atoms with Crippen LogP contribution >= 0.6 is 11.3 Å². The molecule has 0 aliphatic carbocycles. The van der Waals surface area contributed by atoms with E-state index in [1.807, 2.05) is 19.9 Å². The van der Waals surface area contributed by atoms with E-state index in [4.69, 9.17) is 0 Å². The molecule has 24 heavy (non-hydrogen) atoms. The van der Waals surface area contributed by atoms with Gasteiger partial charge in [-0.15, -0.1) is 11.3 Å². The Morgan fingerprint density at radius 2 is 1.88 bits per heavy atom. The summed E-state index contributed by atoms with van der Waals surface area (Å²) >= 11 is 1.59. The molecule has 0 atom stereocenters. The number of aryl methyl sites for hydroxylation is 1. The number of hydrogen-bond donors (Lipinski definition) is 1. The first kappa shape index (κ1) is 18.1. The lowest BCUT2D eigenvalue weighted by Gasteiger charge is -2.05. The Kier molecular flexibility index (Phi) is 6.09. The predicted molar refractivity (Wildman–Crippen MR) is 98.9 cm³/mol. The van der Waals surface area contributed by atoms with E-state index in [1.165, 1.54) is 12.8 Å². The van der Waals surface area contributed by atoms with E-state index in [0.29, 0.717) is 11.2 Å². The van der Waals surface area contributed by atoms with E-state index in [-0.39, 0.29) is 5.43 Å². The highest BCUT2D eigenvalue weighted by atomic mass is 32.1. The van der Waals surface area contributed by atoms with E-state index >= 15 is 0 Å². The standard InChI is InChI=1S/C14H12N2O3S.C4H10/c1-3-10-7(2)12(17)9-5-4-8(6-11(9)20-10)13-15-14(18)19-16-13;1-3-4-2/h4-6H,3H2,1-2H3,(H,15,16,18);3-4H2,1-2H3. The molecule has 3 rings (SSSR count). The smallest absolute Gasteiger partial charge is 0.296 e. The second-order valence-corrected chi connectivity index (χ2v) is 6.62. The van der Waals surface area contributed by atoms with Crippen LogP contribution in [-0.2, 0) is 6.42 Å². The molecular formula is C18H22N2O3S. The summed E-state index contributed by atoms with van der Waals surface area (Å²) in [5.74, 6) is -0.221. The van der Waals surface area contributed by atoms with Crippen LogP contribution in [0.1, 0.15) is 44.1 Å². The van der Waals surface area contributed by atoms with Crippen LogP contribution in [0, 0.1) is 6.92 Å². The second-order valence-electron chi connectivity index (χ2n) is 5.49. The lowest BCUT2D eigenvalue weighted by atomic mass is 10.1. The van der Waals surface area contributed by atoms with Gasteiger partial charge in [0.05, 0.1) is 0 Å². The Bertz CT molecular complexity index is 935. The van der Waals surface area contributed by atoms with Gasteiger partial charge in [0, 0.05) is 26.1 Å². The first-order chi connectivity index (χ1) is 11.5. The van der Waals surface area contributed by atoms with Crippen molar-refractivity contribution in [2.24, 2.45) is 0 Å². The Morgan fingerprint density at radius 3 is 2.42 bits per heavy atom. The van der Waals surface area contributed by atoms with Gasteiger partial charge in [-0.05, 0) is 25.5 Å². The van der Waals surface area contributed by atoms with Crippen molar-refractivity contribution in [1.82, 2.24) is 10.1 Å². The number of fused-ring (bicyclic) bond motifs is 1. The van der Waals surface area contributed by atoms with E-state index in [2.05, 4.69) is 28.5 Å². The number of rotatable bonds is 3. The van der Waals surface area contributed by atoms with Crippen molar-refractivity contribution in [2.75, 3.05) is 0 Å². The fourth-order valence-electron chi connectivity index (χ4n) is 2.17. The average molecular weight is 346 g/mol. The van der Waals surface area contributed by atoms with Gasteiger partial charge in [0.2, 0.25) is 0 Å². The summed E-state index contributed by atoms with van der Waals surface area (Å²) in [4.78, 5) is 26.9. The Labute approximate surface area is 144 Å². The molecule has 0 fully saturated rings. The number of benzene rings is 1. The van der Waals surface area contributed by atoms with Crippen molar-refractivity contribution in [3.63, 3.8) is 0 Å². The molecule has 0 aliphatic heterocycles. The maximum atomic E-state index is 12.3. The van der Waals surface area contributed by atoms with Crippen molar-refractivity contribution in [2.45, 2.75) is 47.0 Å². The fraction of sp³-hybridized carbons (Fsp3) is 0.389. The molecule has 2 aromatic heterocycles. The molecule has 0 amide bonds. The first-order valence-electron chi connectivity index (χ1n) is 8.14. The third-order valence-corrected chi connectivity index (χ3v) is 5.15. The minimum Gasteiger partial charge on any atom is -0.296 e. The molecule has 1 N–H and O–H groups in total. The van der Waals surface area contributed by atoms with Crippen LogP contribution < -0.4 is 11.2 Å². The zero-order chi connectivity index (χ0) is 17.7. The van der Waals surface area contributed by atoms with Crippen molar-refractivity contribution in [1.29, 1.82) is 0 Å². The number of aromatic nitrogens is 2. The van der Waals surface area contributed by atoms with Gasteiger partial charge in [0.1, 0.15) is 0 Å². The molecule has 1 aromatic carbocycles. The Hall–Kier alpha value is -2.21. The highest BCUT2D eigenvalue weighted by molar-refractivity contribution is 7.18. The summed E-state index contributed by atoms with van der Waals surface area (Å²) in [6, 6.07) is 5.38. The largest absolute Gasteiger partial charge is 0.439 e. The maximum Gasteiger partial charge on any atom is 0.439 e. The van der Waals surface area contributed by atoms with Crippen LogP contribution in [0.25, 0.3) is 21.5 Å². The predicted octanol–water partition coefficient (Wildman–Crippen LogP) is 4.28. The monoisotopic (exact) mass is 346 g/mol. The summed E-state index contributed by atoms with van der Waals surface area (Å²) in [5.41, 5.74) is 1.60. The zero-order valence-electron chi connectivity index (χ0n) is 14.4. The van der Waals surface area contributed by atoms with E-state index in [0.717, 1.165) is 27.1 Å². The SMILES string of the molecule is CCCC.CCc1sc2cc(-c3noc(=O)[nH]3)ccc2c(=O)c1C. The Morgan fingerprint density at radius 1 is 1.17 bits per heavy atom. The minimum atomic E-state index is -0.591. The number of nitrogens with zero attached hydrogens (tertiary/aromatic N) is 1. The summed E-state index contributed by atoms with van der Waals surface area (Å²) in [6.07, 6.45) is 3.46. The number of H-pyrrole nitrogens is 1. The lowest BCUT2D eigenvalue weighted by molar-refractivity contribution is 0.388. The summed E-state index contributed by atoms with van der Waals surface area (Å²) in [5, 5.41) is 4.35. The van der Waals surface area contributed by atoms with Crippen LogP contribution in [0.4, 0.5) is 0 Å². The molecule has 2 heterocycles. The summed E-state index contributed by atoms with van der Waals surface area (Å²) < 4.78 is 5.39. The molecule has 6 heteroatoms. The summed E-state index contributed by atoms with van der Waals surface area (Å²) in [7, 11) is 0. The molecule has 0 radical (unpaired) electrons. The van der Waals surface area contributed by atoms with Crippen LogP contribution in [0.3, 0.4) is 0 Å². The minimum absolute atomic E-state index is 0.0656. The van der Waals surface area contributed by atoms with Gasteiger partial charge in [-0.25, -0.2) is 4.79 Å². The number of hydrogen-bond acceptors (Lipinski definition) is 5. The van der Waals surface area contributed by atoms with E-state index in [1.54, 1.807) is 23.5 Å². The number of nitrogens with one attached hydrogen (secondary N) is 1.